The van der Waals surface area contributed by atoms with E-state index in [1.807, 2.05) is 13.9 Å². The highest BCUT2D eigenvalue weighted by molar-refractivity contribution is 6.42. The fourth-order valence-electron chi connectivity index (χ4n) is 1.10. The van der Waals surface area contributed by atoms with E-state index in [-0.39, 0.29) is 5.28 Å². The molecule has 0 aliphatic heterocycles. The van der Waals surface area contributed by atoms with Crippen LogP contribution in [0.1, 0.15) is 0 Å². The molecule has 2 heterocycles. The van der Waals surface area contributed by atoms with Gasteiger partial charge >= 0.3 is 0 Å². The van der Waals surface area contributed by atoms with E-state index < -0.39 is 0 Å². The number of hydrogen-bond acceptors (Lipinski definition) is 2. The van der Waals surface area contributed by atoms with Crippen LogP contribution in [-0.2, 0) is 0 Å². The summed E-state index contributed by atoms with van der Waals surface area (Å²) in [5, 5.41) is 4.49. The van der Waals surface area contributed by atoms with Gasteiger partial charge in [-0.3, -0.25) is 0 Å². The molecule has 0 unspecified atom stereocenters. The van der Waals surface area contributed by atoms with E-state index in [0.717, 1.165) is 11.0 Å². The standard InChI is InChI=1S/C6H4BCl2N3/c7-3-1-2-12-4(3)5(8)10-6(9)11-12/h1-2H,7H2. The summed E-state index contributed by atoms with van der Waals surface area (Å²) >= 11 is 11.5. The van der Waals surface area contributed by atoms with Gasteiger partial charge < -0.3 is 0 Å². The Kier molecular flexibility index (Phi) is 1.74. The van der Waals surface area contributed by atoms with E-state index in [2.05, 4.69) is 10.1 Å². The van der Waals surface area contributed by atoms with Crippen LogP contribution in [0.15, 0.2) is 12.3 Å². The van der Waals surface area contributed by atoms with Crippen LogP contribution < -0.4 is 5.46 Å². The molecule has 0 aromatic carbocycles. The van der Waals surface area contributed by atoms with Crippen molar-refractivity contribution in [3.8, 4) is 0 Å². The highest BCUT2D eigenvalue weighted by Gasteiger charge is 2.06. The zero-order valence-electron chi connectivity index (χ0n) is 6.25. The lowest BCUT2D eigenvalue weighted by Gasteiger charge is -1.97. The molecule has 2 aromatic rings. The lowest BCUT2D eigenvalue weighted by atomic mass is 9.99. The second-order valence-corrected chi connectivity index (χ2v) is 3.16. The summed E-state index contributed by atoms with van der Waals surface area (Å²) in [4.78, 5) is 3.83. The van der Waals surface area contributed by atoms with Gasteiger partial charge in [-0.25, -0.2) is 9.50 Å². The molecule has 2 aromatic heterocycles. The molecule has 0 aliphatic rings. The molecule has 12 heavy (non-hydrogen) atoms. The molecule has 60 valence electrons. The summed E-state index contributed by atoms with van der Waals surface area (Å²) in [6.07, 6.45) is 1.80. The van der Waals surface area contributed by atoms with Crippen LogP contribution in [0.5, 0.6) is 0 Å². The topological polar surface area (TPSA) is 30.2 Å². The van der Waals surface area contributed by atoms with E-state index >= 15 is 0 Å². The molecule has 0 atom stereocenters. The first-order chi connectivity index (χ1) is 5.68. The van der Waals surface area contributed by atoms with Gasteiger partial charge in [0, 0.05) is 6.20 Å². The van der Waals surface area contributed by atoms with Crippen molar-refractivity contribution in [3.05, 3.63) is 22.7 Å². The molecule has 0 N–H and O–H groups in total. The number of halogens is 2. The summed E-state index contributed by atoms with van der Waals surface area (Å²) in [6, 6.07) is 1.91. The Morgan fingerprint density at radius 1 is 1.42 bits per heavy atom. The van der Waals surface area contributed by atoms with Crippen molar-refractivity contribution in [2.45, 2.75) is 0 Å². The Bertz CT molecular complexity index is 440. The molecule has 0 saturated heterocycles. The Morgan fingerprint density at radius 2 is 2.17 bits per heavy atom. The summed E-state index contributed by atoms with van der Waals surface area (Å²) < 4.78 is 1.62. The van der Waals surface area contributed by atoms with Gasteiger partial charge in [0.15, 0.2) is 5.15 Å². The highest BCUT2D eigenvalue weighted by Crippen LogP contribution is 2.13. The van der Waals surface area contributed by atoms with Crippen LogP contribution in [0, 0.1) is 0 Å². The van der Waals surface area contributed by atoms with Crippen molar-refractivity contribution in [2.75, 3.05) is 0 Å². The first kappa shape index (κ1) is 7.89. The van der Waals surface area contributed by atoms with Crippen LogP contribution in [0.25, 0.3) is 5.52 Å². The molecule has 0 amide bonds. The summed E-state index contributed by atoms with van der Waals surface area (Å²) in [6.45, 7) is 0. The van der Waals surface area contributed by atoms with E-state index in [1.54, 1.807) is 10.7 Å². The Hall–Kier alpha value is -0.735. The van der Waals surface area contributed by atoms with Crippen molar-refractivity contribution in [1.82, 2.24) is 14.6 Å². The molecule has 2 rings (SSSR count). The molecular weight excluding hydrogens is 196 g/mol. The van der Waals surface area contributed by atoms with Crippen molar-refractivity contribution < 1.29 is 0 Å². The summed E-state index contributed by atoms with van der Waals surface area (Å²) in [7, 11) is 1.94. The third-order valence-electron chi connectivity index (χ3n) is 1.64. The number of hydrogen-bond donors (Lipinski definition) is 0. The van der Waals surface area contributed by atoms with Crippen LogP contribution in [0.3, 0.4) is 0 Å². The maximum atomic E-state index is 5.85. The summed E-state index contributed by atoms with van der Waals surface area (Å²) in [5.41, 5.74) is 1.85. The predicted octanol–water partition coefficient (Wildman–Crippen LogP) is 0.294. The molecule has 0 bridgehead atoms. The van der Waals surface area contributed by atoms with Crippen LogP contribution in [0.4, 0.5) is 0 Å². The zero-order chi connectivity index (χ0) is 8.72. The van der Waals surface area contributed by atoms with Crippen molar-refractivity contribution >= 4 is 42.0 Å². The van der Waals surface area contributed by atoms with Gasteiger partial charge in [-0.15, -0.1) is 5.10 Å². The minimum absolute atomic E-state index is 0.156. The largest absolute Gasteiger partial charge is 0.242 e. The van der Waals surface area contributed by atoms with Crippen molar-refractivity contribution in [3.63, 3.8) is 0 Å². The first-order valence-electron chi connectivity index (χ1n) is 3.35. The number of fused-ring (bicyclic) bond motifs is 1. The fraction of sp³-hybridized carbons (Fsp3) is 0. The quantitative estimate of drug-likeness (QED) is 0.572. The molecule has 0 spiro atoms. The summed E-state index contributed by atoms with van der Waals surface area (Å²) in [5.74, 6) is 0. The number of aromatic nitrogens is 3. The number of nitrogens with zero attached hydrogens (tertiary/aromatic N) is 3. The van der Waals surface area contributed by atoms with Gasteiger partial charge in [0.1, 0.15) is 7.85 Å². The normalized spacial score (nSPS) is 10.8. The second kappa shape index (κ2) is 2.64. The predicted molar refractivity (Wildman–Crippen MR) is 51.2 cm³/mol. The van der Waals surface area contributed by atoms with Gasteiger partial charge in [-0.05, 0) is 17.7 Å². The minimum Gasteiger partial charge on any atom is -0.235 e. The lowest BCUT2D eigenvalue weighted by molar-refractivity contribution is 0.905. The molecule has 0 fully saturated rings. The lowest BCUT2D eigenvalue weighted by Crippen LogP contribution is -2.04. The monoisotopic (exact) mass is 199 g/mol. The Morgan fingerprint density at radius 3 is 2.92 bits per heavy atom. The second-order valence-electron chi connectivity index (χ2n) is 2.46. The fourth-order valence-corrected chi connectivity index (χ4v) is 1.63. The Labute approximate surface area is 79.7 Å². The third-order valence-corrected chi connectivity index (χ3v) is 2.07. The zero-order valence-corrected chi connectivity index (χ0v) is 7.76. The van der Waals surface area contributed by atoms with Gasteiger partial charge in [-0.1, -0.05) is 17.1 Å². The average molecular weight is 200 g/mol. The van der Waals surface area contributed by atoms with Gasteiger partial charge in [0.25, 0.3) is 0 Å². The minimum atomic E-state index is 0.156. The SMILES string of the molecule is Bc1ccn2nc(Cl)nc(Cl)c12. The highest BCUT2D eigenvalue weighted by atomic mass is 35.5. The maximum absolute atomic E-state index is 5.85. The molecular formula is C6H4BCl2N3. The number of rotatable bonds is 0. The molecule has 0 radical (unpaired) electrons. The molecule has 0 saturated carbocycles. The Balaban J connectivity index is 2.93. The van der Waals surface area contributed by atoms with Gasteiger partial charge in [-0.2, -0.15) is 0 Å². The van der Waals surface area contributed by atoms with Crippen LogP contribution >= 0.6 is 23.2 Å². The molecule has 3 nitrogen and oxygen atoms in total. The smallest absolute Gasteiger partial charge is 0.235 e. The van der Waals surface area contributed by atoms with Crippen LogP contribution in [0.2, 0.25) is 10.4 Å². The molecule has 6 heteroatoms. The first-order valence-corrected chi connectivity index (χ1v) is 4.11. The van der Waals surface area contributed by atoms with Crippen LogP contribution in [-0.4, -0.2) is 22.4 Å². The average Bonchev–Trinajstić information content (AvgIpc) is 2.31. The van der Waals surface area contributed by atoms with E-state index in [9.17, 15) is 0 Å². The van der Waals surface area contributed by atoms with Crippen molar-refractivity contribution in [2.24, 2.45) is 0 Å². The third kappa shape index (κ3) is 1.07. The van der Waals surface area contributed by atoms with Gasteiger partial charge in [0.05, 0.1) is 5.52 Å². The van der Waals surface area contributed by atoms with Gasteiger partial charge in [0.2, 0.25) is 5.28 Å². The molecule has 0 aliphatic carbocycles. The van der Waals surface area contributed by atoms with E-state index in [4.69, 9.17) is 23.2 Å². The maximum Gasteiger partial charge on any atom is 0.242 e. The van der Waals surface area contributed by atoms with Crippen molar-refractivity contribution in [1.29, 1.82) is 0 Å². The van der Waals surface area contributed by atoms with E-state index in [1.165, 1.54) is 0 Å². The van der Waals surface area contributed by atoms with E-state index in [0.29, 0.717) is 5.15 Å².